The molecule has 28 heavy (non-hydrogen) atoms. The topological polar surface area (TPSA) is 60.2 Å². The summed E-state index contributed by atoms with van der Waals surface area (Å²) in [6.45, 7) is 9.41. The summed E-state index contributed by atoms with van der Waals surface area (Å²) < 4.78 is 7.81. The zero-order valence-electron chi connectivity index (χ0n) is 17.2. The predicted octanol–water partition coefficient (Wildman–Crippen LogP) is 3.25. The van der Waals surface area contributed by atoms with Crippen LogP contribution in [0.15, 0.2) is 29.7 Å². The van der Waals surface area contributed by atoms with Gasteiger partial charge in [-0.25, -0.2) is 0 Å². The van der Waals surface area contributed by atoms with E-state index in [-0.39, 0.29) is 23.5 Å². The molecule has 2 fully saturated rings. The van der Waals surface area contributed by atoms with E-state index in [2.05, 4.69) is 56.1 Å². The maximum Gasteiger partial charge on any atom is 0.233 e. The molecule has 1 aromatic heterocycles. The molecule has 1 saturated carbocycles. The minimum Gasteiger partial charge on any atom is -0.377 e. The van der Waals surface area contributed by atoms with Crippen LogP contribution in [0.4, 0.5) is 0 Å². The van der Waals surface area contributed by atoms with Gasteiger partial charge in [0.15, 0.2) is 5.16 Å². The van der Waals surface area contributed by atoms with E-state index in [1.165, 1.54) is 22.9 Å². The standard InChI is InChI=1S/C21H28N4O2S/c1-13-6-7-15(10-14(13)2)25-12-22-23-20(25)28-11-17(26)24(5)18-16-8-9-27-19(16)21(18,3)4/h6-7,10,12,16,18-19H,8-9,11H2,1-5H3/t16-,18-,19+/m1/s1. The zero-order valence-corrected chi connectivity index (χ0v) is 18.0. The van der Waals surface area contributed by atoms with Crippen LogP contribution in [0.5, 0.6) is 0 Å². The molecule has 3 atom stereocenters. The Labute approximate surface area is 170 Å². The van der Waals surface area contributed by atoms with Crippen LogP contribution in [0, 0.1) is 25.2 Å². The molecule has 7 heteroatoms. The van der Waals surface area contributed by atoms with Gasteiger partial charge in [-0.3, -0.25) is 9.36 Å². The lowest BCUT2D eigenvalue weighted by atomic mass is 9.57. The molecular formula is C21H28N4O2S. The summed E-state index contributed by atoms with van der Waals surface area (Å²) in [6, 6.07) is 6.51. The third-order valence-corrected chi connectivity index (χ3v) is 7.39. The van der Waals surface area contributed by atoms with Gasteiger partial charge in [0.05, 0.1) is 11.9 Å². The molecule has 0 radical (unpaired) electrons. The van der Waals surface area contributed by atoms with E-state index in [1.807, 2.05) is 16.5 Å². The maximum absolute atomic E-state index is 12.9. The normalized spacial score (nSPS) is 25.2. The summed E-state index contributed by atoms with van der Waals surface area (Å²) in [5.41, 5.74) is 3.50. The largest absolute Gasteiger partial charge is 0.377 e. The Balaban J connectivity index is 1.43. The Kier molecular flexibility index (Phi) is 5.00. The SMILES string of the molecule is Cc1ccc(-n2cnnc2SCC(=O)N(C)[C@@H]2[C@H]3CCO[C@@H]3C2(C)C)cc1C. The van der Waals surface area contributed by atoms with Gasteiger partial charge in [-0.05, 0) is 43.5 Å². The van der Waals surface area contributed by atoms with E-state index in [0.29, 0.717) is 11.7 Å². The van der Waals surface area contributed by atoms with Crippen molar-refractivity contribution in [2.24, 2.45) is 11.3 Å². The molecule has 0 bridgehead atoms. The van der Waals surface area contributed by atoms with Crippen LogP contribution in [-0.2, 0) is 9.53 Å². The number of ether oxygens (including phenoxy) is 1. The second-order valence-corrected chi connectivity index (χ2v) is 9.50. The van der Waals surface area contributed by atoms with E-state index in [4.69, 9.17) is 4.74 Å². The number of thioether (sulfide) groups is 1. The third kappa shape index (κ3) is 3.14. The number of hydrogen-bond acceptors (Lipinski definition) is 5. The van der Waals surface area contributed by atoms with Crippen molar-refractivity contribution in [1.82, 2.24) is 19.7 Å². The van der Waals surface area contributed by atoms with Crippen LogP contribution in [0.3, 0.4) is 0 Å². The summed E-state index contributed by atoms with van der Waals surface area (Å²) in [7, 11) is 1.93. The maximum atomic E-state index is 12.9. The second kappa shape index (κ2) is 7.19. The Hall–Kier alpha value is -1.86. The van der Waals surface area contributed by atoms with E-state index in [1.54, 1.807) is 6.33 Å². The number of fused-ring (bicyclic) bond motifs is 1. The smallest absolute Gasteiger partial charge is 0.233 e. The Morgan fingerprint density at radius 2 is 2.14 bits per heavy atom. The first-order chi connectivity index (χ1) is 13.3. The zero-order chi connectivity index (χ0) is 20.1. The molecule has 1 amide bonds. The minimum atomic E-state index is 0.00961. The molecule has 2 heterocycles. The van der Waals surface area contributed by atoms with Crippen LogP contribution < -0.4 is 0 Å². The summed E-state index contributed by atoms with van der Waals surface area (Å²) in [6.07, 6.45) is 3.04. The van der Waals surface area contributed by atoms with Gasteiger partial charge in [0.1, 0.15) is 6.33 Å². The molecule has 1 saturated heterocycles. The summed E-state index contributed by atoms with van der Waals surface area (Å²) in [4.78, 5) is 14.8. The fraction of sp³-hybridized carbons (Fsp3) is 0.571. The molecular weight excluding hydrogens is 372 g/mol. The van der Waals surface area contributed by atoms with Crippen molar-refractivity contribution < 1.29 is 9.53 Å². The summed E-state index contributed by atoms with van der Waals surface area (Å²) in [5, 5.41) is 9.01. The highest BCUT2D eigenvalue weighted by Crippen LogP contribution is 2.54. The van der Waals surface area contributed by atoms with E-state index >= 15 is 0 Å². The number of benzene rings is 1. The highest BCUT2D eigenvalue weighted by molar-refractivity contribution is 7.99. The van der Waals surface area contributed by atoms with Gasteiger partial charge in [0, 0.05) is 36.7 Å². The lowest BCUT2D eigenvalue weighted by Gasteiger charge is -2.57. The van der Waals surface area contributed by atoms with Gasteiger partial charge in [-0.2, -0.15) is 0 Å². The van der Waals surface area contributed by atoms with Crippen LogP contribution in [0.1, 0.15) is 31.4 Å². The number of aryl methyl sites for hydroxylation is 2. The molecule has 6 nitrogen and oxygen atoms in total. The number of nitrogens with zero attached hydrogens (tertiary/aromatic N) is 4. The molecule has 1 aliphatic heterocycles. The van der Waals surface area contributed by atoms with Gasteiger partial charge in [0.25, 0.3) is 0 Å². The molecule has 150 valence electrons. The quantitative estimate of drug-likeness (QED) is 0.721. The number of aromatic nitrogens is 3. The number of carbonyl (C=O) groups excluding carboxylic acids is 1. The number of carbonyl (C=O) groups is 1. The van der Waals surface area contributed by atoms with Gasteiger partial charge >= 0.3 is 0 Å². The van der Waals surface area contributed by atoms with Crippen LogP contribution in [0.2, 0.25) is 0 Å². The molecule has 0 unspecified atom stereocenters. The summed E-state index contributed by atoms with van der Waals surface area (Å²) >= 11 is 1.44. The van der Waals surface area contributed by atoms with Gasteiger partial charge < -0.3 is 9.64 Å². The average molecular weight is 401 g/mol. The lowest BCUT2D eigenvalue weighted by Crippen LogP contribution is -2.67. The molecule has 2 aromatic rings. The molecule has 1 aromatic carbocycles. The monoisotopic (exact) mass is 400 g/mol. The first kappa shape index (κ1) is 19.5. The van der Waals surface area contributed by atoms with Crippen molar-refractivity contribution in [2.45, 2.75) is 51.4 Å². The second-order valence-electron chi connectivity index (χ2n) is 8.56. The van der Waals surface area contributed by atoms with Gasteiger partial charge in [0.2, 0.25) is 5.91 Å². The van der Waals surface area contributed by atoms with Gasteiger partial charge in [-0.15, -0.1) is 10.2 Å². The van der Waals surface area contributed by atoms with Crippen LogP contribution in [-0.4, -0.2) is 57.1 Å². The predicted molar refractivity (Wildman–Crippen MR) is 110 cm³/mol. The number of amides is 1. The van der Waals surface area contributed by atoms with E-state index < -0.39 is 0 Å². The van der Waals surface area contributed by atoms with Crippen molar-refractivity contribution in [3.8, 4) is 5.69 Å². The molecule has 0 N–H and O–H groups in total. The number of hydrogen-bond donors (Lipinski definition) is 0. The lowest BCUT2D eigenvalue weighted by molar-refractivity contribution is -0.165. The Morgan fingerprint density at radius 1 is 1.36 bits per heavy atom. The van der Waals surface area contributed by atoms with Crippen LogP contribution in [0.25, 0.3) is 5.69 Å². The Morgan fingerprint density at radius 3 is 2.89 bits per heavy atom. The first-order valence-corrected chi connectivity index (χ1v) is 10.8. The average Bonchev–Trinajstić information content (AvgIpc) is 3.30. The minimum absolute atomic E-state index is 0.00961. The summed E-state index contributed by atoms with van der Waals surface area (Å²) in [5.74, 6) is 0.946. The molecule has 2 aliphatic rings. The number of rotatable bonds is 5. The highest BCUT2D eigenvalue weighted by Gasteiger charge is 2.61. The van der Waals surface area contributed by atoms with Crippen molar-refractivity contribution in [1.29, 1.82) is 0 Å². The molecule has 1 aliphatic carbocycles. The van der Waals surface area contributed by atoms with E-state index in [0.717, 1.165) is 23.9 Å². The fourth-order valence-electron chi connectivity index (χ4n) is 4.84. The fourth-order valence-corrected chi connectivity index (χ4v) is 5.70. The van der Waals surface area contributed by atoms with E-state index in [9.17, 15) is 4.79 Å². The van der Waals surface area contributed by atoms with Crippen molar-refractivity contribution >= 4 is 17.7 Å². The van der Waals surface area contributed by atoms with Crippen molar-refractivity contribution in [2.75, 3.05) is 19.4 Å². The molecule has 0 spiro atoms. The van der Waals surface area contributed by atoms with Crippen LogP contribution >= 0.6 is 11.8 Å². The Bertz CT molecular complexity index is 894. The van der Waals surface area contributed by atoms with Gasteiger partial charge in [-0.1, -0.05) is 31.7 Å². The van der Waals surface area contributed by atoms with Crippen molar-refractivity contribution in [3.63, 3.8) is 0 Å². The first-order valence-electron chi connectivity index (χ1n) is 9.78. The van der Waals surface area contributed by atoms with Crippen molar-refractivity contribution in [3.05, 3.63) is 35.7 Å². The molecule has 4 rings (SSSR count). The highest BCUT2D eigenvalue weighted by atomic mass is 32.2. The third-order valence-electron chi connectivity index (χ3n) is 6.46.